The highest BCUT2D eigenvalue weighted by Gasteiger charge is 2.39. The number of carbonyl (C=O) groups excluding carboxylic acids is 2. The van der Waals surface area contributed by atoms with Gasteiger partial charge >= 0.3 is 12.1 Å². The molecule has 1 unspecified atom stereocenters. The molecular formula is C17H16F3N3O4. The van der Waals surface area contributed by atoms with Crippen molar-refractivity contribution in [2.24, 2.45) is 0 Å². The van der Waals surface area contributed by atoms with Gasteiger partial charge in [-0.15, -0.1) is 0 Å². The van der Waals surface area contributed by atoms with Gasteiger partial charge in [-0.1, -0.05) is 5.16 Å². The molecule has 0 saturated carbocycles. The summed E-state index contributed by atoms with van der Waals surface area (Å²) in [5.41, 5.74) is 1.43. The van der Waals surface area contributed by atoms with Gasteiger partial charge in [0.25, 0.3) is 5.91 Å². The molecule has 144 valence electrons. The number of aryl methyl sites for hydroxylation is 2. The van der Waals surface area contributed by atoms with E-state index in [0.29, 0.717) is 22.8 Å². The highest BCUT2D eigenvalue weighted by molar-refractivity contribution is 6.01. The number of nitrogens with zero attached hydrogens (tertiary/aromatic N) is 2. The van der Waals surface area contributed by atoms with Crippen molar-refractivity contribution in [3.05, 3.63) is 35.2 Å². The summed E-state index contributed by atoms with van der Waals surface area (Å²) in [6, 6.07) is 3.95. The second-order valence-electron chi connectivity index (χ2n) is 6.12. The number of halogens is 3. The van der Waals surface area contributed by atoms with Crippen LogP contribution in [-0.4, -0.2) is 29.3 Å². The molecule has 0 fully saturated rings. The standard InChI is InChI=1S/C17H16F3N3O4/c1-8-12(9(2)27-22-8)7-23-13-6-11(21-16(25)17(18,19)20)4-5-14(13)26-10(3)15(23)24/h4-6,10H,7H2,1-3H3,(H,21,25). The predicted octanol–water partition coefficient (Wildman–Crippen LogP) is 3.11. The highest BCUT2D eigenvalue weighted by Crippen LogP contribution is 2.38. The number of rotatable bonds is 3. The molecule has 2 amide bonds. The van der Waals surface area contributed by atoms with Crippen molar-refractivity contribution in [3.63, 3.8) is 0 Å². The molecule has 0 aliphatic carbocycles. The first kappa shape index (κ1) is 18.7. The normalized spacial score (nSPS) is 16.7. The third kappa shape index (κ3) is 3.60. The largest absolute Gasteiger partial charge is 0.479 e. The Hall–Kier alpha value is -3.04. The van der Waals surface area contributed by atoms with Gasteiger partial charge in [0.15, 0.2) is 6.10 Å². The van der Waals surface area contributed by atoms with E-state index in [1.807, 2.05) is 0 Å². The van der Waals surface area contributed by atoms with Gasteiger partial charge in [0, 0.05) is 11.3 Å². The second kappa shape index (κ2) is 6.60. The minimum atomic E-state index is -5.02. The maximum atomic E-state index is 12.6. The van der Waals surface area contributed by atoms with Gasteiger partial charge in [0.1, 0.15) is 11.5 Å². The second-order valence-corrected chi connectivity index (χ2v) is 6.12. The van der Waals surface area contributed by atoms with Gasteiger partial charge in [-0.2, -0.15) is 13.2 Å². The van der Waals surface area contributed by atoms with E-state index in [-0.39, 0.29) is 23.8 Å². The maximum absolute atomic E-state index is 12.6. The van der Waals surface area contributed by atoms with Crippen LogP contribution in [0.15, 0.2) is 22.7 Å². The van der Waals surface area contributed by atoms with Gasteiger partial charge < -0.3 is 19.5 Å². The van der Waals surface area contributed by atoms with Crippen LogP contribution in [0.1, 0.15) is 23.9 Å². The van der Waals surface area contributed by atoms with Crippen LogP contribution >= 0.6 is 0 Å². The average molecular weight is 383 g/mol. The Morgan fingerprint density at radius 2 is 2.04 bits per heavy atom. The molecule has 1 N–H and O–H groups in total. The zero-order valence-electron chi connectivity index (χ0n) is 14.7. The summed E-state index contributed by atoms with van der Waals surface area (Å²) in [5, 5.41) is 5.61. The fraction of sp³-hybridized carbons (Fsp3) is 0.353. The number of amides is 2. The predicted molar refractivity (Wildman–Crippen MR) is 88.4 cm³/mol. The van der Waals surface area contributed by atoms with Gasteiger partial charge in [0.2, 0.25) is 0 Å². The number of nitrogens with one attached hydrogen (secondary N) is 1. The molecule has 2 aromatic rings. The van der Waals surface area contributed by atoms with E-state index in [4.69, 9.17) is 9.26 Å². The first-order chi connectivity index (χ1) is 12.6. The number of hydrogen-bond acceptors (Lipinski definition) is 5. The van der Waals surface area contributed by atoms with Crippen molar-refractivity contribution in [1.82, 2.24) is 5.16 Å². The first-order valence-corrected chi connectivity index (χ1v) is 8.00. The van der Waals surface area contributed by atoms with Crippen LogP contribution in [0.4, 0.5) is 24.5 Å². The molecule has 1 aliphatic rings. The molecular weight excluding hydrogens is 367 g/mol. The van der Waals surface area contributed by atoms with E-state index < -0.39 is 18.2 Å². The molecule has 2 heterocycles. The number of carbonyl (C=O) groups is 2. The lowest BCUT2D eigenvalue weighted by molar-refractivity contribution is -0.167. The third-order valence-corrected chi connectivity index (χ3v) is 4.18. The molecule has 1 aliphatic heterocycles. The van der Waals surface area contributed by atoms with Crippen LogP contribution in [0.3, 0.4) is 0 Å². The lowest BCUT2D eigenvalue weighted by atomic mass is 10.1. The maximum Gasteiger partial charge on any atom is 0.471 e. The zero-order valence-corrected chi connectivity index (χ0v) is 14.7. The SMILES string of the molecule is Cc1noc(C)c1CN1C(=O)C(C)Oc2ccc(NC(=O)C(F)(F)F)cc21. The summed E-state index contributed by atoms with van der Waals surface area (Å²) >= 11 is 0. The molecule has 0 saturated heterocycles. The number of benzene rings is 1. The summed E-state index contributed by atoms with van der Waals surface area (Å²) < 4.78 is 48.1. The van der Waals surface area contributed by atoms with E-state index in [0.717, 1.165) is 0 Å². The molecule has 3 rings (SSSR count). The van der Waals surface area contributed by atoms with Crippen molar-refractivity contribution in [2.75, 3.05) is 10.2 Å². The van der Waals surface area contributed by atoms with E-state index in [1.165, 1.54) is 23.1 Å². The molecule has 1 aromatic carbocycles. The number of anilines is 2. The minimum absolute atomic E-state index is 0.106. The van der Waals surface area contributed by atoms with Crippen molar-refractivity contribution in [3.8, 4) is 5.75 Å². The Morgan fingerprint density at radius 1 is 1.33 bits per heavy atom. The van der Waals surface area contributed by atoms with Crippen LogP contribution in [-0.2, 0) is 16.1 Å². The Bertz CT molecular complexity index is 888. The van der Waals surface area contributed by atoms with Crippen LogP contribution in [0.25, 0.3) is 0 Å². The molecule has 10 heteroatoms. The number of aromatic nitrogens is 1. The van der Waals surface area contributed by atoms with Crippen LogP contribution < -0.4 is 15.0 Å². The van der Waals surface area contributed by atoms with Crippen molar-refractivity contribution in [1.29, 1.82) is 0 Å². The summed E-state index contributed by atoms with van der Waals surface area (Å²) in [4.78, 5) is 25.2. The Labute approximate surface area is 152 Å². The van der Waals surface area contributed by atoms with Crippen LogP contribution in [0.2, 0.25) is 0 Å². The first-order valence-electron chi connectivity index (χ1n) is 8.00. The lowest BCUT2D eigenvalue weighted by Crippen LogP contribution is -2.44. The van der Waals surface area contributed by atoms with Crippen molar-refractivity contribution in [2.45, 2.75) is 39.6 Å². The molecule has 0 bridgehead atoms. The topological polar surface area (TPSA) is 84.7 Å². The smallest absolute Gasteiger partial charge is 0.471 e. The monoisotopic (exact) mass is 383 g/mol. The highest BCUT2D eigenvalue weighted by atomic mass is 19.4. The van der Waals surface area contributed by atoms with Gasteiger partial charge in [-0.3, -0.25) is 9.59 Å². The minimum Gasteiger partial charge on any atom is -0.479 e. The molecule has 0 radical (unpaired) electrons. The summed E-state index contributed by atoms with van der Waals surface area (Å²) in [5.74, 6) is -1.63. The molecule has 0 spiro atoms. The van der Waals surface area contributed by atoms with E-state index in [1.54, 1.807) is 26.1 Å². The number of alkyl halides is 3. The lowest BCUT2D eigenvalue weighted by Gasteiger charge is -2.33. The molecule has 7 nitrogen and oxygen atoms in total. The van der Waals surface area contributed by atoms with E-state index in [2.05, 4.69) is 5.16 Å². The summed E-state index contributed by atoms with van der Waals surface area (Å²) in [6.45, 7) is 5.11. The third-order valence-electron chi connectivity index (χ3n) is 4.18. The molecule has 1 atom stereocenters. The molecule has 27 heavy (non-hydrogen) atoms. The molecule has 1 aromatic heterocycles. The number of ether oxygens (including phenoxy) is 1. The van der Waals surface area contributed by atoms with Crippen molar-refractivity contribution >= 4 is 23.2 Å². The quantitative estimate of drug-likeness (QED) is 0.880. The fourth-order valence-electron chi connectivity index (χ4n) is 2.74. The fourth-order valence-corrected chi connectivity index (χ4v) is 2.74. The van der Waals surface area contributed by atoms with Crippen molar-refractivity contribution < 1.29 is 32.0 Å². The van der Waals surface area contributed by atoms with Gasteiger partial charge in [-0.25, -0.2) is 0 Å². The Balaban J connectivity index is 1.97. The van der Waals surface area contributed by atoms with Gasteiger partial charge in [0.05, 0.1) is 17.9 Å². The van der Waals surface area contributed by atoms with Gasteiger partial charge in [-0.05, 0) is 39.0 Å². The van der Waals surface area contributed by atoms with Crippen LogP contribution in [0.5, 0.6) is 5.75 Å². The average Bonchev–Trinajstić information content (AvgIpc) is 2.90. The Morgan fingerprint density at radius 3 is 2.63 bits per heavy atom. The van der Waals surface area contributed by atoms with Crippen LogP contribution in [0, 0.1) is 13.8 Å². The Kier molecular flexibility index (Phi) is 4.58. The summed E-state index contributed by atoms with van der Waals surface area (Å²) in [7, 11) is 0. The number of fused-ring (bicyclic) bond motifs is 1. The van der Waals surface area contributed by atoms with E-state index >= 15 is 0 Å². The number of hydrogen-bond donors (Lipinski definition) is 1. The van der Waals surface area contributed by atoms with E-state index in [9.17, 15) is 22.8 Å². The zero-order chi connectivity index (χ0) is 19.9. The summed E-state index contributed by atoms with van der Waals surface area (Å²) in [6.07, 6.45) is -5.79.